The number of nitrogens with zero attached hydrogens (tertiary/aromatic N) is 3. The molecule has 2 aromatic carbocycles. The van der Waals surface area contributed by atoms with Crippen molar-refractivity contribution in [3.63, 3.8) is 0 Å². The minimum Gasteiger partial charge on any atom is -0.345 e. The van der Waals surface area contributed by atoms with Crippen molar-refractivity contribution >= 4 is 23.4 Å². The van der Waals surface area contributed by atoms with E-state index in [9.17, 15) is 9.59 Å². The van der Waals surface area contributed by atoms with Gasteiger partial charge in [-0.05, 0) is 36.6 Å². The van der Waals surface area contributed by atoms with Gasteiger partial charge in [-0.2, -0.15) is 0 Å². The van der Waals surface area contributed by atoms with Gasteiger partial charge in [0, 0.05) is 31.5 Å². The Kier molecular flexibility index (Phi) is 9.77. The van der Waals surface area contributed by atoms with Crippen LogP contribution in [0.15, 0.2) is 79.0 Å². The summed E-state index contributed by atoms with van der Waals surface area (Å²) in [5.41, 5.74) is 3.30. The van der Waals surface area contributed by atoms with Gasteiger partial charge in [0.15, 0.2) is 0 Å². The fraction of sp³-hybridized carbons (Fsp3) is 0.357. The lowest BCUT2D eigenvalue weighted by atomic mass is 10.2. The van der Waals surface area contributed by atoms with Gasteiger partial charge in [-0.3, -0.25) is 9.59 Å². The maximum absolute atomic E-state index is 13.5. The third-order valence-corrected chi connectivity index (χ3v) is 5.99. The topological polar surface area (TPSA) is 45.6 Å². The van der Waals surface area contributed by atoms with Crippen LogP contribution in [0, 0.1) is 0 Å². The number of rotatable bonds is 12. The summed E-state index contributed by atoms with van der Waals surface area (Å²) in [5, 5.41) is -0.657. The molecule has 2 amide bonds. The molecule has 0 fully saturated rings. The van der Waals surface area contributed by atoms with E-state index < -0.39 is 5.38 Å². The first-order valence-corrected chi connectivity index (χ1v) is 12.3. The van der Waals surface area contributed by atoms with E-state index in [1.165, 1.54) is 5.56 Å². The molecule has 5 nitrogen and oxygen atoms in total. The molecule has 1 unspecified atom stereocenters. The zero-order valence-corrected chi connectivity index (χ0v) is 20.8. The molecule has 1 aromatic heterocycles. The predicted octanol–water partition coefficient (Wildman–Crippen LogP) is 5.32. The summed E-state index contributed by atoms with van der Waals surface area (Å²) in [7, 11) is 0. The summed E-state index contributed by atoms with van der Waals surface area (Å²) >= 11 is 6.09. The van der Waals surface area contributed by atoms with Crippen molar-refractivity contribution in [2.45, 2.75) is 51.7 Å². The molecule has 0 bridgehead atoms. The van der Waals surface area contributed by atoms with Gasteiger partial charge >= 0.3 is 0 Å². The highest BCUT2D eigenvalue weighted by atomic mass is 35.5. The third-order valence-electron chi connectivity index (χ3n) is 5.80. The molecule has 0 aliphatic heterocycles. The highest BCUT2D eigenvalue weighted by molar-refractivity contribution is 6.30. The normalized spacial score (nSPS) is 11.7. The lowest BCUT2D eigenvalue weighted by Crippen LogP contribution is -2.45. The van der Waals surface area contributed by atoms with Crippen molar-refractivity contribution in [3.8, 4) is 0 Å². The van der Waals surface area contributed by atoms with Gasteiger partial charge in [0.2, 0.25) is 11.8 Å². The number of halogens is 1. The van der Waals surface area contributed by atoms with Gasteiger partial charge in [-0.1, -0.05) is 74.0 Å². The highest BCUT2D eigenvalue weighted by Gasteiger charge is 2.24. The first kappa shape index (κ1) is 25.6. The van der Waals surface area contributed by atoms with Crippen molar-refractivity contribution < 1.29 is 9.59 Å². The Hall–Kier alpha value is -3.05. The van der Waals surface area contributed by atoms with Gasteiger partial charge in [-0.15, -0.1) is 11.6 Å². The predicted molar refractivity (Wildman–Crippen MR) is 137 cm³/mol. The Morgan fingerprint density at radius 1 is 0.882 bits per heavy atom. The molecule has 0 N–H and O–H groups in total. The number of amides is 2. The standard InChI is InChI=1S/C28H34ClN3O2/c1-3-4-17-31(28(34)23(2)29)22-27(33)32(20-25-14-9-6-10-15-25)21-26-16-11-18-30(26)19-24-12-7-5-8-13-24/h5-16,18,23H,3-4,17,19-22H2,1-2H3. The second-order valence-corrected chi connectivity index (χ2v) is 9.23. The van der Waals surface area contributed by atoms with Crippen molar-refractivity contribution in [3.05, 3.63) is 95.8 Å². The maximum atomic E-state index is 13.5. The van der Waals surface area contributed by atoms with Crippen LogP contribution in [0.25, 0.3) is 0 Å². The molecule has 180 valence electrons. The Bertz CT molecular complexity index is 1030. The summed E-state index contributed by atoms with van der Waals surface area (Å²) in [4.78, 5) is 29.6. The van der Waals surface area contributed by atoms with E-state index >= 15 is 0 Å². The minimum absolute atomic E-state index is 0.0299. The fourth-order valence-corrected chi connectivity index (χ4v) is 4.03. The molecule has 6 heteroatoms. The average Bonchev–Trinajstić information content (AvgIpc) is 3.28. The highest BCUT2D eigenvalue weighted by Crippen LogP contribution is 2.15. The number of benzene rings is 2. The Balaban J connectivity index is 1.80. The number of unbranched alkanes of at least 4 members (excludes halogenated alkanes) is 1. The molecular weight excluding hydrogens is 446 g/mol. The fourth-order valence-electron chi connectivity index (χ4n) is 3.89. The molecular formula is C28H34ClN3O2. The summed E-state index contributed by atoms with van der Waals surface area (Å²) in [6.07, 6.45) is 3.82. The van der Waals surface area contributed by atoms with Crippen LogP contribution in [0.5, 0.6) is 0 Å². The van der Waals surface area contributed by atoms with E-state index in [0.29, 0.717) is 19.6 Å². The van der Waals surface area contributed by atoms with Gasteiger partial charge in [0.05, 0.1) is 13.1 Å². The van der Waals surface area contributed by atoms with E-state index in [1.54, 1.807) is 11.8 Å². The van der Waals surface area contributed by atoms with E-state index in [-0.39, 0.29) is 18.4 Å². The van der Waals surface area contributed by atoms with E-state index in [0.717, 1.165) is 30.6 Å². The average molecular weight is 480 g/mol. The molecule has 3 aromatic rings. The summed E-state index contributed by atoms with van der Waals surface area (Å²) in [6, 6.07) is 24.3. The van der Waals surface area contributed by atoms with Crippen molar-refractivity contribution in [2.75, 3.05) is 13.1 Å². The van der Waals surface area contributed by atoms with Crippen LogP contribution in [0.3, 0.4) is 0 Å². The summed E-state index contributed by atoms with van der Waals surface area (Å²) in [5.74, 6) is -0.284. The van der Waals surface area contributed by atoms with Crippen molar-refractivity contribution in [1.29, 1.82) is 0 Å². The number of carbonyl (C=O) groups is 2. The quantitative estimate of drug-likeness (QED) is 0.330. The molecule has 1 atom stereocenters. The SMILES string of the molecule is CCCCN(CC(=O)N(Cc1ccccc1)Cc1cccn1Cc1ccccc1)C(=O)C(C)Cl. The third kappa shape index (κ3) is 7.49. The van der Waals surface area contributed by atoms with Crippen LogP contribution in [0.2, 0.25) is 0 Å². The zero-order chi connectivity index (χ0) is 24.3. The van der Waals surface area contributed by atoms with E-state index in [1.807, 2.05) is 65.7 Å². The second kappa shape index (κ2) is 13.0. The van der Waals surface area contributed by atoms with Crippen LogP contribution >= 0.6 is 11.6 Å². The number of aromatic nitrogens is 1. The first-order chi connectivity index (χ1) is 16.5. The second-order valence-electron chi connectivity index (χ2n) is 8.58. The zero-order valence-electron chi connectivity index (χ0n) is 20.1. The van der Waals surface area contributed by atoms with Crippen molar-refractivity contribution in [1.82, 2.24) is 14.4 Å². The molecule has 3 rings (SSSR count). The van der Waals surface area contributed by atoms with E-state index in [2.05, 4.69) is 29.7 Å². The molecule has 34 heavy (non-hydrogen) atoms. The van der Waals surface area contributed by atoms with Crippen molar-refractivity contribution in [2.24, 2.45) is 0 Å². The van der Waals surface area contributed by atoms with Crippen LogP contribution < -0.4 is 0 Å². The number of alkyl halides is 1. The molecule has 0 aliphatic carbocycles. The molecule has 0 saturated carbocycles. The smallest absolute Gasteiger partial charge is 0.242 e. The molecule has 1 heterocycles. The summed E-state index contributed by atoms with van der Waals surface area (Å²) in [6.45, 7) is 5.95. The van der Waals surface area contributed by atoms with Gasteiger partial charge in [0.25, 0.3) is 0 Å². The van der Waals surface area contributed by atoms with E-state index in [4.69, 9.17) is 11.6 Å². The van der Waals surface area contributed by atoms with Crippen LogP contribution in [0.4, 0.5) is 0 Å². The number of hydrogen-bond donors (Lipinski definition) is 0. The molecule has 0 radical (unpaired) electrons. The van der Waals surface area contributed by atoms with Crippen LogP contribution in [-0.2, 0) is 29.2 Å². The maximum Gasteiger partial charge on any atom is 0.242 e. The Morgan fingerprint density at radius 2 is 1.53 bits per heavy atom. The Morgan fingerprint density at radius 3 is 2.15 bits per heavy atom. The molecule has 0 saturated heterocycles. The molecule has 0 aliphatic rings. The Labute approximate surface area is 207 Å². The first-order valence-electron chi connectivity index (χ1n) is 11.9. The van der Waals surface area contributed by atoms with Crippen LogP contribution in [-0.4, -0.2) is 44.6 Å². The van der Waals surface area contributed by atoms with Crippen LogP contribution in [0.1, 0.15) is 43.5 Å². The monoisotopic (exact) mass is 479 g/mol. The lowest BCUT2D eigenvalue weighted by molar-refractivity contribution is -0.141. The summed E-state index contributed by atoms with van der Waals surface area (Å²) < 4.78 is 2.17. The lowest BCUT2D eigenvalue weighted by Gasteiger charge is -2.29. The van der Waals surface area contributed by atoms with Gasteiger partial charge < -0.3 is 14.4 Å². The molecule has 0 spiro atoms. The largest absolute Gasteiger partial charge is 0.345 e. The number of hydrogen-bond acceptors (Lipinski definition) is 2. The van der Waals surface area contributed by atoms with Gasteiger partial charge in [0.1, 0.15) is 5.38 Å². The number of carbonyl (C=O) groups excluding carboxylic acids is 2. The van der Waals surface area contributed by atoms with Gasteiger partial charge in [-0.25, -0.2) is 0 Å². The minimum atomic E-state index is -0.657.